The first kappa shape index (κ1) is 15.9. The van der Waals surface area contributed by atoms with Crippen molar-refractivity contribution in [3.8, 4) is 0 Å². The first-order valence-corrected chi connectivity index (χ1v) is 8.46. The zero-order chi connectivity index (χ0) is 15.8. The average molecular weight is 329 g/mol. The van der Waals surface area contributed by atoms with Gasteiger partial charge in [0.25, 0.3) is 0 Å². The molecular formula is C13H16FN3O2S2. The summed E-state index contributed by atoms with van der Waals surface area (Å²) in [4.78, 5) is 4.07. The van der Waals surface area contributed by atoms with Gasteiger partial charge in [0.15, 0.2) is 0 Å². The number of anilines is 1. The number of sulfonamides is 1. The smallest absolute Gasteiger partial charge is 0.243 e. The van der Waals surface area contributed by atoms with Gasteiger partial charge in [-0.2, -0.15) is 4.31 Å². The highest BCUT2D eigenvalue weighted by Crippen LogP contribution is 2.24. The van der Waals surface area contributed by atoms with E-state index in [1.165, 1.54) is 31.4 Å². The fourth-order valence-corrected chi connectivity index (χ4v) is 3.59. The summed E-state index contributed by atoms with van der Waals surface area (Å²) in [6, 6.07) is 2.26. The monoisotopic (exact) mass is 329 g/mol. The van der Waals surface area contributed by atoms with Crippen LogP contribution in [-0.4, -0.2) is 24.8 Å². The van der Waals surface area contributed by atoms with Crippen molar-refractivity contribution in [3.63, 3.8) is 0 Å². The Kier molecular flexibility index (Phi) is 4.31. The van der Waals surface area contributed by atoms with Gasteiger partial charge in [0, 0.05) is 23.7 Å². The molecule has 0 aliphatic heterocycles. The van der Waals surface area contributed by atoms with Crippen LogP contribution >= 0.6 is 11.3 Å². The molecule has 1 aromatic heterocycles. The van der Waals surface area contributed by atoms with Gasteiger partial charge in [-0.1, -0.05) is 0 Å². The molecule has 1 heterocycles. The SMILES string of the molecule is Cc1nc(CN(C)S(=O)(=O)c2cc(N)c(C)c(F)c2)cs1. The third-order valence-electron chi connectivity index (χ3n) is 3.12. The number of nitrogens with two attached hydrogens (primary N) is 1. The maximum absolute atomic E-state index is 13.7. The second kappa shape index (κ2) is 5.70. The highest BCUT2D eigenvalue weighted by atomic mass is 32.2. The normalized spacial score (nSPS) is 12.0. The molecule has 8 heteroatoms. The van der Waals surface area contributed by atoms with Crippen LogP contribution in [0.4, 0.5) is 10.1 Å². The van der Waals surface area contributed by atoms with E-state index in [-0.39, 0.29) is 22.7 Å². The first-order chi connectivity index (χ1) is 9.71. The molecule has 0 spiro atoms. The van der Waals surface area contributed by atoms with E-state index in [0.717, 1.165) is 15.4 Å². The number of aromatic nitrogens is 1. The Labute approximate surface area is 127 Å². The number of aryl methyl sites for hydroxylation is 1. The van der Waals surface area contributed by atoms with Gasteiger partial charge in [-0.05, 0) is 26.0 Å². The summed E-state index contributed by atoms with van der Waals surface area (Å²) in [6.45, 7) is 3.48. The summed E-state index contributed by atoms with van der Waals surface area (Å²) in [5, 5.41) is 2.66. The predicted octanol–water partition coefficient (Wildman–Crippen LogP) is 2.30. The molecule has 0 fully saturated rings. The molecule has 1 aromatic carbocycles. The Hall–Kier alpha value is -1.51. The number of benzene rings is 1. The van der Waals surface area contributed by atoms with Crippen LogP contribution in [0.2, 0.25) is 0 Å². The summed E-state index contributed by atoms with van der Waals surface area (Å²) in [5.41, 5.74) is 6.66. The lowest BCUT2D eigenvalue weighted by atomic mass is 10.2. The van der Waals surface area contributed by atoms with E-state index in [1.54, 1.807) is 5.38 Å². The van der Waals surface area contributed by atoms with E-state index < -0.39 is 15.8 Å². The van der Waals surface area contributed by atoms with E-state index in [1.807, 2.05) is 6.92 Å². The van der Waals surface area contributed by atoms with Crippen molar-refractivity contribution >= 4 is 27.0 Å². The summed E-state index contributed by atoms with van der Waals surface area (Å²) < 4.78 is 39.7. The minimum Gasteiger partial charge on any atom is -0.398 e. The maximum Gasteiger partial charge on any atom is 0.243 e. The number of thiazole rings is 1. The molecule has 0 atom stereocenters. The molecule has 0 aliphatic rings. The molecule has 0 bridgehead atoms. The minimum absolute atomic E-state index is 0.117. The van der Waals surface area contributed by atoms with E-state index in [2.05, 4.69) is 4.98 Å². The number of hydrogen-bond acceptors (Lipinski definition) is 5. The Morgan fingerprint density at radius 3 is 2.57 bits per heavy atom. The maximum atomic E-state index is 13.7. The molecule has 2 aromatic rings. The molecule has 5 nitrogen and oxygen atoms in total. The summed E-state index contributed by atoms with van der Waals surface area (Å²) in [5.74, 6) is -0.633. The van der Waals surface area contributed by atoms with Crippen molar-refractivity contribution in [1.29, 1.82) is 0 Å². The van der Waals surface area contributed by atoms with Crippen LogP contribution in [0.3, 0.4) is 0 Å². The number of rotatable bonds is 4. The number of nitrogen functional groups attached to an aromatic ring is 1. The molecule has 21 heavy (non-hydrogen) atoms. The summed E-state index contributed by atoms with van der Waals surface area (Å²) in [7, 11) is -2.38. The van der Waals surface area contributed by atoms with Crippen molar-refractivity contribution in [3.05, 3.63) is 39.6 Å². The average Bonchev–Trinajstić information content (AvgIpc) is 2.80. The zero-order valence-electron chi connectivity index (χ0n) is 11.9. The molecule has 2 rings (SSSR count). The van der Waals surface area contributed by atoms with Gasteiger partial charge < -0.3 is 5.73 Å². The summed E-state index contributed by atoms with van der Waals surface area (Å²) >= 11 is 1.45. The molecule has 114 valence electrons. The molecule has 0 unspecified atom stereocenters. The number of nitrogens with zero attached hydrogens (tertiary/aromatic N) is 2. The van der Waals surface area contributed by atoms with Crippen LogP contribution in [0.15, 0.2) is 22.4 Å². The van der Waals surface area contributed by atoms with Gasteiger partial charge in [0.2, 0.25) is 10.0 Å². The third kappa shape index (κ3) is 3.22. The highest BCUT2D eigenvalue weighted by molar-refractivity contribution is 7.89. The highest BCUT2D eigenvalue weighted by Gasteiger charge is 2.23. The Bertz CT molecular complexity index is 748. The second-order valence-corrected chi connectivity index (χ2v) is 7.85. The van der Waals surface area contributed by atoms with Crippen molar-refractivity contribution in [2.24, 2.45) is 0 Å². The second-order valence-electron chi connectivity index (χ2n) is 4.74. The zero-order valence-corrected chi connectivity index (χ0v) is 13.6. The standard InChI is InChI=1S/C13H16FN3O2S2/c1-8-12(14)4-11(5-13(8)15)21(18,19)17(3)6-10-7-20-9(2)16-10/h4-5,7H,6,15H2,1-3H3. The van der Waals surface area contributed by atoms with Gasteiger partial charge in [0.1, 0.15) is 5.82 Å². The predicted molar refractivity (Wildman–Crippen MR) is 81.1 cm³/mol. The largest absolute Gasteiger partial charge is 0.398 e. The minimum atomic E-state index is -3.81. The molecule has 0 radical (unpaired) electrons. The van der Waals surface area contributed by atoms with Crippen LogP contribution in [0.25, 0.3) is 0 Å². The molecule has 0 saturated heterocycles. The van der Waals surface area contributed by atoms with Crippen molar-refractivity contribution < 1.29 is 12.8 Å². The first-order valence-electron chi connectivity index (χ1n) is 6.15. The van der Waals surface area contributed by atoms with E-state index in [0.29, 0.717) is 5.69 Å². The van der Waals surface area contributed by atoms with Crippen molar-refractivity contribution in [1.82, 2.24) is 9.29 Å². The Morgan fingerprint density at radius 2 is 2.05 bits per heavy atom. The van der Waals surface area contributed by atoms with Gasteiger partial charge >= 0.3 is 0 Å². The lowest BCUT2D eigenvalue weighted by Gasteiger charge is -2.17. The fraction of sp³-hybridized carbons (Fsp3) is 0.308. The quantitative estimate of drug-likeness (QED) is 0.873. The number of halogens is 1. The van der Waals surface area contributed by atoms with Crippen LogP contribution in [0, 0.1) is 19.7 Å². The van der Waals surface area contributed by atoms with Gasteiger partial charge in [-0.3, -0.25) is 0 Å². The van der Waals surface area contributed by atoms with Crippen molar-refractivity contribution in [2.75, 3.05) is 12.8 Å². The van der Waals surface area contributed by atoms with Crippen LogP contribution in [-0.2, 0) is 16.6 Å². The van der Waals surface area contributed by atoms with E-state index in [9.17, 15) is 12.8 Å². The topological polar surface area (TPSA) is 76.3 Å². The third-order valence-corrected chi connectivity index (χ3v) is 5.72. The Balaban J connectivity index is 2.33. The lowest BCUT2D eigenvalue weighted by molar-refractivity contribution is 0.462. The van der Waals surface area contributed by atoms with E-state index in [4.69, 9.17) is 5.73 Å². The molecule has 0 saturated carbocycles. The fourth-order valence-electron chi connectivity index (χ4n) is 1.80. The lowest BCUT2D eigenvalue weighted by Crippen LogP contribution is -2.27. The van der Waals surface area contributed by atoms with Crippen LogP contribution in [0.5, 0.6) is 0 Å². The van der Waals surface area contributed by atoms with Gasteiger partial charge in [-0.15, -0.1) is 11.3 Å². The molecule has 2 N–H and O–H groups in total. The van der Waals surface area contributed by atoms with Gasteiger partial charge in [0.05, 0.1) is 22.1 Å². The van der Waals surface area contributed by atoms with Crippen LogP contribution in [0.1, 0.15) is 16.3 Å². The van der Waals surface area contributed by atoms with E-state index >= 15 is 0 Å². The van der Waals surface area contributed by atoms with Gasteiger partial charge in [-0.25, -0.2) is 17.8 Å². The summed E-state index contributed by atoms with van der Waals surface area (Å²) in [6.07, 6.45) is 0. The Morgan fingerprint density at radius 1 is 1.38 bits per heavy atom. The molecule has 0 amide bonds. The number of hydrogen-bond donors (Lipinski definition) is 1. The molecular weight excluding hydrogens is 313 g/mol. The molecule has 0 aliphatic carbocycles. The van der Waals surface area contributed by atoms with Crippen LogP contribution < -0.4 is 5.73 Å². The van der Waals surface area contributed by atoms with Crippen molar-refractivity contribution in [2.45, 2.75) is 25.3 Å².